The Bertz CT molecular complexity index is 235. The average molecular weight is 239 g/mol. The molecule has 100 valence electrons. The van der Waals surface area contributed by atoms with Crippen LogP contribution in [-0.4, -0.2) is 17.7 Å². The number of ether oxygens (including phenoxy) is 1. The summed E-state index contributed by atoms with van der Waals surface area (Å²) in [4.78, 5) is 0. The monoisotopic (exact) mass is 239 g/mol. The van der Waals surface area contributed by atoms with Crippen molar-refractivity contribution >= 4 is 0 Å². The summed E-state index contributed by atoms with van der Waals surface area (Å²) >= 11 is 0. The van der Waals surface area contributed by atoms with Crippen molar-refractivity contribution in [2.24, 2.45) is 17.6 Å². The maximum absolute atomic E-state index is 6.39. The molecule has 0 aromatic rings. The normalized spacial score (nSPS) is 31.2. The van der Waals surface area contributed by atoms with E-state index in [0.29, 0.717) is 24.0 Å². The Labute approximate surface area is 106 Å². The molecule has 2 N–H and O–H groups in total. The third-order valence-electron chi connectivity index (χ3n) is 4.92. The predicted molar refractivity (Wildman–Crippen MR) is 71.9 cm³/mol. The van der Waals surface area contributed by atoms with Crippen molar-refractivity contribution < 1.29 is 4.74 Å². The van der Waals surface area contributed by atoms with Crippen molar-refractivity contribution in [2.75, 3.05) is 0 Å². The summed E-state index contributed by atoms with van der Waals surface area (Å²) in [5, 5.41) is 0. The van der Waals surface area contributed by atoms with E-state index in [1.54, 1.807) is 0 Å². The fourth-order valence-corrected chi connectivity index (χ4v) is 3.85. The maximum Gasteiger partial charge on any atom is 0.0687 e. The second-order valence-corrected chi connectivity index (χ2v) is 6.67. The molecule has 1 heterocycles. The molecular formula is C15H29NO. The molecule has 2 fully saturated rings. The van der Waals surface area contributed by atoms with Crippen molar-refractivity contribution in [3.05, 3.63) is 0 Å². The van der Waals surface area contributed by atoms with Crippen molar-refractivity contribution in [1.82, 2.24) is 0 Å². The van der Waals surface area contributed by atoms with Gasteiger partial charge >= 0.3 is 0 Å². The van der Waals surface area contributed by atoms with Crippen LogP contribution in [0, 0.1) is 11.8 Å². The van der Waals surface area contributed by atoms with Gasteiger partial charge < -0.3 is 10.5 Å². The molecule has 17 heavy (non-hydrogen) atoms. The minimum absolute atomic E-state index is 0.282. The van der Waals surface area contributed by atoms with Gasteiger partial charge in [0.2, 0.25) is 0 Å². The quantitative estimate of drug-likeness (QED) is 0.815. The lowest BCUT2D eigenvalue weighted by Crippen LogP contribution is -2.34. The molecule has 0 amide bonds. The van der Waals surface area contributed by atoms with Gasteiger partial charge in [-0.2, -0.15) is 0 Å². The van der Waals surface area contributed by atoms with Gasteiger partial charge in [-0.05, 0) is 50.9 Å². The third-order valence-corrected chi connectivity index (χ3v) is 4.92. The van der Waals surface area contributed by atoms with Gasteiger partial charge in [0.05, 0.1) is 11.7 Å². The molecule has 1 saturated heterocycles. The van der Waals surface area contributed by atoms with Crippen LogP contribution < -0.4 is 5.73 Å². The van der Waals surface area contributed by atoms with Gasteiger partial charge in [0.1, 0.15) is 0 Å². The zero-order valence-corrected chi connectivity index (χ0v) is 11.7. The van der Waals surface area contributed by atoms with E-state index in [1.807, 2.05) is 0 Å². The van der Waals surface area contributed by atoms with Gasteiger partial charge in [0.15, 0.2) is 0 Å². The molecule has 3 unspecified atom stereocenters. The summed E-state index contributed by atoms with van der Waals surface area (Å²) in [5.74, 6) is 1.27. The van der Waals surface area contributed by atoms with Crippen molar-refractivity contribution in [1.29, 1.82) is 0 Å². The summed E-state index contributed by atoms with van der Waals surface area (Å²) in [7, 11) is 0. The smallest absolute Gasteiger partial charge is 0.0687 e. The molecule has 0 aromatic heterocycles. The highest BCUT2D eigenvalue weighted by molar-refractivity contribution is 4.93. The Balaban J connectivity index is 1.88. The Kier molecular flexibility index (Phi) is 4.14. The Hall–Kier alpha value is -0.0800. The Morgan fingerprint density at radius 3 is 2.35 bits per heavy atom. The molecule has 1 aliphatic carbocycles. The molecule has 1 aliphatic heterocycles. The molecule has 0 radical (unpaired) electrons. The highest BCUT2D eigenvalue weighted by Crippen LogP contribution is 2.45. The second-order valence-electron chi connectivity index (χ2n) is 6.67. The Morgan fingerprint density at radius 2 is 1.82 bits per heavy atom. The molecule has 2 aliphatic rings. The van der Waals surface area contributed by atoms with Crippen LogP contribution in [-0.2, 0) is 4.74 Å². The lowest BCUT2D eigenvalue weighted by Gasteiger charge is -2.29. The van der Waals surface area contributed by atoms with Crippen molar-refractivity contribution in [3.63, 3.8) is 0 Å². The first-order valence-corrected chi connectivity index (χ1v) is 7.46. The third kappa shape index (κ3) is 3.03. The van der Waals surface area contributed by atoms with Crippen molar-refractivity contribution in [3.8, 4) is 0 Å². The summed E-state index contributed by atoms with van der Waals surface area (Å²) < 4.78 is 6.39. The van der Waals surface area contributed by atoms with Gasteiger partial charge in [-0.25, -0.2) is 0 Å². The maximum atomic E-state index is 6.39. The van der Waals surface area contributed by atoms with E-state index in [-0.39, 0.29) is 5.60 Å². The lowest BCUT2D eigenvalue weighted by atomic mass is 9.84. The minimum Gasteiger partial charge on any atom is -0.372 e. The molecule has 3 atom stereocenters. The summed E-state index contributed by atoms with van der Waals surface area (Å²) in [6.45, 7) is 6.72. The first-order chi connectivity index (χ1) is 8.02. The van der Waals surface area contributed by atoms with E-state index in [2.05, 4.69) is 20.8 Å². The minimum atomic E-state index is 0.282. The lowest BCUT2D eigenvalue weighted by molar-refractivity contribution is -0.0474. The van der Waals surface area contributed by atoms with Gasteiger partial charge in [0.25, 0.3) is 0 Å². The van der Waals surface area contributed by atoms with Gasteiger partial charge in [-0.3, -0.25) is 0 Å². The first-order valence-electron chi connectivity index (χ1n) is 7.46. The van der Waals surface area contributed by atoms with E-state index in [4.69, 9.17) is 10.5 Å². The number of rotatable bonds is 4. The van der Waals surface area contributed by atoms with E-state index >= 15 is 0 Å². The zero-order valence-electron chi connectivity index (χ0n) is 11.7. The summed E-state index contributed by atoms with van der Waals surface area (Å²) in [6, 6.07) is 0.290. The topological polar surface area (TPSA) is 35.2 Å². The summed E-state index contributed by atoms with van der Waals surface area (Å²) in [5.41, 5.74) is 6.39. The van der Waals surface area contributed by atoms with Crippen LogP contribution in [0.4, 0.5) is 0 Å². The molecule has 2 rings (SSSR count). The average Bonchev–Trinajstić information content (AvgIpc) is 2.85. The van der Waals surface area contributed by atoms with E-state index in [1.165, 1.54) is 38.5 Å². The van der Waals surface area contributed by atoms with Crippen molar-refractivity contribution in [2.45, 2.75) is 83.5 Å². The highest BCUT2D eigenvalue weighted by Gasteiger charge is 2.42. The molecule has 1 spiro atoms. The number of nitrogens with two attached hydrogens (primary N) is 1. The summed E-state index contributed by atoms with van der Waals surface area (Å²) in [6.07, 6.45) is 9.53. The molecule has 2 heteroatoms. The second kappa shape index (κ2) is 5.27. The fraction of sp³-hybridized carbons (Fsp3) is 1.00. The van der Waals surface area contributed by atoms with Crippen LogP contribution in [0.5, 0.6) is 0 Å². The SMILES string of the molecule is CC(C)C(CC1CCC2(CCCC2)O1)C(C)N. The molecule has 0 aromatic carbocycles. The van der Waals surface area contributed by atoms with Crippen LogP contribution in [0.15, 0.2) is 0 Å². The van der Waals surface area contributed by atoms with E-state index < -0.39 is 0 Å². The predicted octanol–water partition coefficient (Wildman–Crippen LogP) is 3.49. The molecular weight excluding hydrogens is 210 g/mol. The largest absolute Gasteiger partial charge is 0.372 e. The van der Waals surface area contributed by atoms with Gasteiger partial charge in [-0.15, -0.1) is 0 Å². The number of hydrogen-bond donors (Lipinski definition) is 1. The molecule has 2 nitrogen and oxygen atoms in total. The van der Waals surface area contributed by atoms with Crippen LogP contribution in [0.25, 0.3) is 0 Å². The molecule has 1 saturated carbocycles. The van der Waals surface area contributed by atoms with E-state index in [9.17, 15) is 0 Å². The van der Waals surface area contributed by atoms with Crippen LogP contribution in [0.1, 0.15) is 65.7 Å². The standard InChI is InChI=1S/C15H29NO/c1-11(2)14(12(3)16)10-13-6-9-15(17-13)7-4-5-8-15/h11-14H,4-10,16H2,1-3H3. The van der Waals surface area contributed by atoms with Gasteiger partial charge in [-0.1, -0.05) is 26.7 Å². The fourth-order valence-electron chi connectivity index (χ4n) is 3.85. The van der Waals surface area contributed by atoms with Crippen LogP contribution >= 0.6 is 0 Å². The molecule has 0 bridgehead atoms. The first kappa shape index (κ1) is 13.4. The van der Waals surface area contributed by atoms with Crippen LogP contribution in [0.3, 0.4) is 0 Å². The van der Waals surface area contributed by atoms with E-state index in [0.717, 1.165) is 6.42 Å². The Morgan fingerprint density at radius 1 is 1.18 bits per heavy atom. The van der Waals surface area contributed by atoms with Gasteiger partial charge in [0, 0.05) is 6.04 Å². The van der Waals surface area contributed by atoms with Crippen LogP contribution in [0.2, 0.25) is 0 Å². The highest BCUT2D eigenvalue weighted by atomic mass is 16.5. The zero-order chi connectivity index (χ0) is 12.5. The number of hydrogen-bond acceptors (Lipinski definition) is 2.